The Balaban J connectivity index is 1.85. The lowest BCUT2D eigenvalue weighted by Gasteiger charge is -2.15. The zero-order valence-electron chi connectivity index (χ0n) is 18.2. The van der Waals surface area contributed by atoms with Crippen molar-refractivity contribution in [3.8, 4) is 0 Å². The Bertz CT molecular complexity index is 523. The van der Waals surface area contributed by atoms with Crippen molar-refractivity contribution in [3.63, 3.8) is 0 Å². The van der Waals surface area contributed by atoms with E-state index in [1.165, 1.54) is 44.9 Å². The first-order valence-corrected chi connectivity index (χ1v) is 11.3. The predicted octanol–water partition coefficient (Wildman–Crippen LogP) is 7.00. The molecule has 0 bridgehead atoms. The smallest absolute Gasteiger partial charge is 0.433 e. The van der Waals surface area contributed by atoms with Gasteiger partial charge in [0, 0.05) is 6.42 Å². The average Bonchev–Trinajstić information content (AvgIpc) is 3.02. The van der Waals surface area contributed by atoms with E-state index < -0.39 is 6.16 Å². The summed E-state index contributed by atoms with van der Waals surface area (Å²) in [6.07, 6.45) is 23.1. The Labute approximate surface area is 176 Å². The highest BCUT2D eigenvalue weighted by atomic mass is 16.8. The molecule has 1 rings (SSSR count). The highest BCUT2D eigenvalue weighted by Gasteiger charge is 2.28. The van der Waals surface area contributed by atoms with Crippen LogP contribution in [0, 0.1) is 0 Å². The summed E-state index contributed by atoms with van der Waals surface area (Å²) in [7, 11) is 0. The van der Waals surface area contributed by atoms with Gasteiger partial charge in [-0.2, -0.15) is 0 Å². The molecule has 0 aromatic rings. The maximum atomic E-state index is 11.6. The van der Waals surface area contributed by atoms with Crippen LogP contribution in [0.1, 0.15) is 96.8 Å². The minimum absolute atomic E-state index is 0.249. The van der Waals surface area contributed by atoms with Gasteiger partial charge in [-0.3, -0.25) is 9.63 Å². The molecule has 164 valence electrons. The molecule has 1 fully saturated rings. The van der Waals surface area contributed by atoms with Crippen LogP contribution in [0.4, 0.5) is 4.79 Å². The third kappa shape index (κ3) is 12.9. The van der Waals surface area contributed by atoms with Crippen molar-refractivity contribution in [2.45, 2.75) is 96.8 Å². The van der Waals surface area contributed by atoms with Gasteiger partial charge in [-0.05, 0) is 44.9 Å². The summed E-state index contributed by atoms with van der Waals surface area (Å²) < 4.78 is 5.01. The van der Waals surface area contributed by atoms with Crippen molar-refractivity contribution in [2.75, 3.05) is 6.61 Å². The number of hydroxylamine groups is 2. The topological polar surface area (TPSA) is 55.8 Å². The van der Waals surface area contributed by atoms with Crippen molar-refractivity contribution in [2.24, 2.45) is 0 Å². The molecule has 5 heteroatoms. The van der Waals surface area contributed by atoms with Gasteiger partial charge >= 0.3 is 6.16 Å². The van der Waals surface area contributed by atoms with Gasteiger partial charge in [0.05, 0.1) is 12.3 Å². The molecule has 0 aliphatic carbocycles. The van der Waals surface area contributed by atoms with Crippen LogP contribution < -0.4 is 0 Å². The molecule has 1 saturated heterocycles. The third-order valence-electron chi connectivity index (χ3n) is 4.87. The molecule has 0 aromatic heterocycles. The highest BCUT2D eigenvalue weighted by Crippen LogP contribution is 2.21. The molecule has 0 radical (unpaired) electrons. The number of unbranched alkanes of at least 4 members (excludes halogenated alkanes) is 9. The first kappa shape index (κ1) is 25.0. The minimum Gasteiger partial charge on any atom is -0.433 e. The summed E-state index contributed by atoms with van der Waals surface area (Å²) in [5, 5.41) is 0.945. The van der Waals surface area contributed by atoms with Gasteiger partial charge in [0.2, 0.25) is 0 Å². The van der Waals surface area contributed by atoms with E-state index in [0.717, 1.165) is 37.2 Å². The number of carbonyl (C=O) groups excluding carboxylic acids is 2. The summed E-state index contributed by atoms with van der Waals surface area (Å²) in [5.74, 6) is -0.249. The molecule has 0 saturated carbocycles. The second-order valence-corrected chi connectivity index (χ2v) is 7.53. The van der Waals surface area contributed by atoms with Crippen molar-refractivity contribution >= 4 is 12.1 Å². The molecular formula is C24H39NO4. The van der Waals surface area contributed by atoms with Crippen molar-refractivity contribution in [1.29, 1.82) is 0 Å². The van der Waals surface area contributed by atoms with E-state index in [1.54, 1.807) is 0 Å². The van der Waals surface area contributed by atoms with Gasteiger partial charge in [0.15, 0.2) is 0 Å². The molecule has 0 N–H and O–H groups in total. The van der Waals surface area contributed by atoms with Gasteiger partial charge in [-0.15, -0.1) is 5.06 Å². The fraction of sp³-hybridized carbons (Fsp3) is 0.667. The van der Waals surface area contributed by atoms with Crippen LogP contribution in [0.15, 0.2) is 36.6 Å². The molecule has 0 spiro atoms. The summed E-state index contributed by atoms with van der Waals surface area (Å²) >= 11 is 0. The normalized spacial score (nSPS) is 14.4. The number of amides is 1. The van der Waals surface area contributed by atoms with Gasteiger partial charge in [-0.25, -0.2) is 4.79 Å². The van der Waals surface area contributed by atoms with Crippen LogP contribution in [-0.2, 0) is 14.4 Å². The first-order valence-electron chi connectivity index (χ1n) is 11.3. The highest BCUT2D eigenvalue weighted by molar-refractivity contribution is 5.81. The maximum absolute atomic E-state index is 11.6. The van der Waals surface area contributed by atoms with Crippen LogP contribution in [0.2, 0.25) is 0 Å². The number of hydrogen-bond acceptors (Lipinski definition) is 4. The first-order chi connectivity index (χ1) is 14.1. The number of nitrogens with zero attached hydrogens (tertiary/aromatic N) is 1. The van der Waals surface area contributed by atoms with Gasteiger partial charge < -0.3 is 4.74 Å². The molecule has 0 aromatic carbocycles. The molecule has 0 atom stereocenters. The largest absolute Gasteiger partial charge is 0.533 e. The molecular weight excluding hydrogens is 366 g/mol. The second kappa shape index (κ2) is 16.9. The minimum atomic E-state index is -0.830. The van der Waals surface area contributed by atoms with E-state index in [2.05, 4.69) is 37.8 Å². The maximum Gasteiger partial charge on any atom is 0.533 e. The number of hydrogen-bond donors (Lipinski definition) is 0. The van der Waals surface area contributed by atoms with E-state index >= 15 is 0 Å². The Morgan fingerprint density at radius 2 is 1.55 bits per heavy atom. The van der Waals surface area contributed by atoms with Crippen LogP contribution in [0.5, 0.6) is 0 Å². The Kier molecular flexibility index (Phi) is 14.5. The van der Waals surface area contributed by atoms with Crippen LogP contribution in [0.25, 0.3) is 0 Å². The number of allylic oxidation sites excluding steroid dienone is 5. The number of carbonyl (C=O) groups is 2. The summed E-state index contributed by atoms with van der Waals surface area (Å²) in [4.78, 5) is 27.9. The van der Waals surface area contributed by atoms with Crippen LogP contribution in [0.3, 0.4) is 0 Å². The summed E-state index contributed by atoms with van der Waals surface area (Å²) in [5.41, 5.74) is 0.501. The zero-order valence-corrected chi connectivity index (χ0v) is 18.2. The van der Waals surface area contributed by atoms with Gasteiger partial charge in [0.25, 0.3) is 5.91 Å². The lowest BCUT2D eigenvalue weighted by molar-refractivity contribution is -0.157. The lowest BCUT2D eigenvalue weighted by atomic mass is 10.1. The van der Waals surface area contributed by atoms with E-state index in [4.69, 9.17) is 9.57 Å². The Hall–Kier alpha value is -2.04. The number of ether oxygens (including phenoxy) is 1. The lowest BCUT2D eigenvalue weighted by Crippen LogP contribution is -2.27. The molecule has 1 aliphatic rings. The zero-order chi connectivity index (χ0) is 21.2. The van der Waals surface area contributed by atoms with Gasteiger partial charge in [-0.1, -0.05) is 76.3 Å². The van der Waals surface area contributed by atoms with Crippen molar-refractivity contribution in [3.05, 3.63) is 36.6 Å². The fourth-order valence-electron chi connectivity index (χ4n) is 3.09. The standard InChI is InChI=1S/C24H39NO4/c1-3-4-5-6-7-8-9-10-11-12-13-14-15-16-17-18-21-28-24(27)29-25-22(2)19-20-23(25)26/h7-8,10-11H,2-6,9,12-21H2,1H3/b8-7-,11-10-. The molecule has 29 heavy (non-hydrogen) atoms. The SMILES string of the molecule is C=C1CCC(=O)N1OC(=O)OCCCCCCCC/C=C\C/C=C\CCCCC. The average molecular weight is 406 g/mol. The van der Waals surface area contributed by atoms with E-state index in [1.807, 2.05) is 0 Å². The van der Waals surface area contributed by atoms with Crippen LogP contribution >= 0.6 is 0 Å². The molecule has 1 heterocycles. The monoisotopic (exact) mass is 405 g/mol. The molecule has 1 aliphatic heterocycles. The quantitative estimate of drug-likeness (QED) is 0.157. The van der Waals surface area contributed by atoms with Crippen LogP contribution in [-0.4, -0.2) is 23.7 Å². The molecule has 1 amide bonds. The van der Waals surface area contributed by atoms with E-state index in [9.17, 15) is 9.59 Å². The Morgan fingerprint density at radius 1 is 0.931 bits per heavy atom. The predicted molar refractivity (Wildman–Crippen MR) is 117 cm³/mol. The van der Waals surface area contributed by atoms with E-state index in [-0.39, 0.29) is 5.91 Å². The summed E-state index contributed by atoms with van der Waals surface area (Å²) in [6.45, 7) is 6.24. The summed E-state index contributed by atoms with van der Waals surface area (Å²) in [6, 6.07) is 0. The van der Waals surface area contributed by atoms with Crippen molar-refractivity contribution < 1.29 is 19.2 Å². The van der Waals surface area contributed by atoms with Gasteiger partial charge in [0.1, 0.15) is 0 Å². The van der Waals surface area contributed by atoms with Crippen molar-refractivity contribution in [1.82, 2.24) is 5.06 Å². The molecule has 0 unspecified atom stereocenters. The number of rotatable bonds is 16. The third-order valence-corrected chi connectivity index (χ3v) is 4.87. The Morgan fingerprint density at radius 3 is 2.17 bits per heavy atom. The van der Waals surface area contributed by atoms with E-state index in [0.29, 0.717) is 25.1 Å². The second-order valence-electron chi connectivity index (χ2n) is 7.53. The fourth-order valence-corrected chi connectivity index (χ4v) is 3.09. The molecule has 5 nitrogen and oxygen atoms in total.